The third kappa shape index (κ3) is 5.48. The summed E-state index contributed by atoms with van der Waals surface area (Å²) in [5.74, 6) is -0.955. The molecule has 5 aromatic rings. The fourth-order valence-corrected chi connectivity index (χ4v) is 6.00. The molecule has 1 fully saturated rings. The van der Waals surface area contributed by atoms with Crippen molar-refractivity contribution in [1.29, 1.82) is 0 Å². The van der Waals surface area contributed by atoms with Gasteiger partial charge in [-0.1, -0.05) is 0 Å². The molecular formula is C30H22F2N4O4S. The van der Waals surface area contributed by atoms with Crippen molar-refractivity contribution in [2.45, 2.75) is 31.6 Å². The lowest BCUT2D eigenvalue weighted by Crippen LogP contribution is -2.29. The minimum Gasteiger partial charge on any atom is -0.453 e. The molecule has 0 aliphatic heterocycles. The number of aromatic nitrogens is 3. The van der Waals surface area contributed by atoms with Crippen molar-refractivity contribution < 1.29 is 23.1 Å². The van der Waals surface area contributed by atoms with Crippen LogP contribution in [-0.2, 0) is 4.79 Å². The number of benzene rings is 2. The lowest BCUT2D eigenvalue weighted by molar-refractivity contribution is -0.120. The predicted molar refractivity (Wildman–Crippen MR) is 150 cm³/mol. The molecule has 0 radical (unpaired) electrons. The Morgan fingerprint density at radius 1 is 0.951 bits per heavy atom. The van der Waals surface area contributed by atoms with Gasteiger partial charge in [0.2, 0.25) is 0 Å². The number of anilines is 1. The SMILES string of the molecule is O=C1CCC(c2cc3nccc(Oc4ccc(NC(=O)c5ccnn(-c6ccc(F)cc6)c5=O)cc4F)c3s2)CC1. The first-order valence-electron chi connectivity index (χ1n) is 12.9. The Hall–Kier alpha value is -4.77. The highest BCUT2D eigenvalue weighted by atomic mass is 32.1. The Balaban J connectivity index is 1.20. The molecule has 0 bridgehead atoms. The van der Waals surface area contributed by atoms with Gasteiger partial charge in [0.15, 0.2) is 11.6 Å². The zero-order valence-corrected chi connectivity index (χ0v) is 22.3. The van der Waals surface area contributed by atoms with Gasteiger partial charge in [0.25, 0.3) is 11.5 Å². The smallest absolute Gasteiger partial charge is 0.284 e. The Kier molecular flexibility index (Phi) is 7.10. The second kappa shape index (κ2) is 11.0. The number of halogens is 2. The predicted octanol–water partition coefficient (Wildman–Crippen LogP) is 6.39. The standard InChI is InChI=1S/C30H22F2N4O4S/c31-18-3-6-20(7-4-18)36-30(39)22(11-14-34-36)29(38)35-19-5-10-25(23(32)15-19)40-26-12-13-33-24-16-27(41-28(24)26)17-1-8-21(37)9-2-17/h3-7,10-17H,1-2,8-9H2,(H,35,38). The number of ketones is 1. The van der Waals surface area contributed by atoms with E-state index in [9.17, 15) is 18.8 Å². The molecule has 41 heavy (non-hydrogen) atoms. The lowest BCUT2D eigenvalue weighted by atomic mass is 9.87. The van der Waals surface area contributed by atoms with E-state index >= 15 is 4.39 Å². The highest BCUT2D eigenvalue weighted by molar-refractivity contribution is 7.19. The largest absolute Gasteiger partial charge is 0.453 e. The molecule has 11 heteroatoms. The molecule has 1 N–H and O–H groups in total. The Morgan fingerprint density at radius 3 is 2.49 bits per heavy atom. The van der Waals surface area contributed by atoms with Gasteiger partial charge in [-0.3, -0.25) is 19.4 Å². The number of carbonyl (C=O) groups is 2. The van der Waals surface area contributed by atoms with E-state index in [1.54, 1.807) is 12.3 Å². The summed E-state index contributed by atoms with van der Waals surface area (Å²) in [5, 5.41) is 6.48. The first kappa shape index (κ1) is 26.5. The summed E-state index contributed by atoms with van der Waals surface area (Å²) >= 11 is 1.53. The van der Waals surface area contributed by atoms with Crippen LogP contribution < -0.4 is 15.6 Å². The zero-order valence-electron chi connectivity index (χ0n) is 21.5. The molecule has 1 saturated carbocycles. The zero-order chi connectivity index (χ0) is 28.5. The van der Waals surface area contributed by atoms with Gasteiger partial charge >= 0.3 is 0 Å². The van der Waals surface area contributed by atoms with Gasteiger partial charge in [0, 0.05) is 47.9 Å². The van der Waals surface area contributed by atoms with Gasteiger partial charge in [0.1, 0.15) is 22.9 Å². The van der Waals surface area contributed by atoms with Crippen molar-refractivity contribution >= 4 is 38.9 Å². The first-order valence-corrected chi connectivity index (χ1v) is 13.7. The van der Waals surface area contributed by atoms with E-state index in [-0.39, 0.29) is 22.7 Å². The lowest BCUT2D eigenvalue weighted by Gasteiger charge is -2.19. The summed E-state index contributed by atoms with van der Waals surface area (Å²) in [7, 11) is 0. The molecule has 0 spiro atoms. The number of hydrogen-bond donors (Lipinski definition) is 1. The van der Waals surface area contributed by atoms with Crippen molar-refractivity contribution in [2.75, 3.05) is 5.32 Å². The topological polar surface area (TPSA) is 103 Å². The molecule has 0 saturated heterocycles. The van der Waals surface area contributed by atoms with Crippen molar-refractivity contribution in [3.05, 3.63) is 105 Å². The van der Waals surface area contributed by atoms with Crippen molar-refractivity contribution in [3.63, 3.8) is 0 Å². The van der Waals surface area contributed by atoms with E-state index in [1.807, 2.05) is 6.07 Å². The van der Waals surface area contributed by atoms with Crippen LogP contribution in [0.15, 0.2) is 77.9 Å². The summed E-state index contributed by atoms with van der Waals surface area (Å²) in [6, 6.07) is 14.0. The second-order valence-corrected chi connectivity index (χ2v) is 10.7. The number of nitrogens with one attached hydrogen (secondary N) is 1. The molecule has 206 valence electrons. The normalized spacial score (nSPS) is 13.9. The Morgan fingerprint density at radius 2 is 1.73 bits per heavy atom. The average Bonchev–Trinajstić information content (AvgIpc) is 3.41. The molecule has 1 aliphatic rings. The number of thiophene rings is 1. The third-order valence-corrected chi connectivity index (χ3v) is 8.21. The Labute approximate surface area is 236 Å². The summed E-state index contributed by atoms with van der Waals surface area (Å²) in [6.07, 6.45) is 5.64. The van der Waals surface area contributed by atoms with Crippen LogP contribution in [-0.4, -0.2) is 26.5 Å². The van der Waals surface area contributed by atoms with E-state index in [0.29, 0.717) is 30.3 Å². The van der Waals surface area contributed by atoms with Gasteiger partial charge in [-0.2, -0.15) is 9.78 Å². The number of pyridine rings is 1. The number of hydrogen-bond acceptors (Lipinski definition) is 7. The number of ether oxygens (including phenoxy) is 1. The number of nitrogens with zero attached hydrogens (tertiary/aromatic N) is 3. The molecule has 6 rings (SSSR count). The van der Waals surface area contributed by atoms with Crippen molar-refractivity contribution in [3.8, 4) is 17.2 Å². The van der Waals surface area contributed by atoms with E-state index in [4.69, 9.17) is 4.74 Å². The number of carbonyl (C=O) groups excluding carboxylic acids is 2. The monoisotopic (exact) mass is 572 g/mol. The molecule has 3 heterocycles. The molecule has 0 atom stereocenters. The highest BCUT2D eigenvalue weighted by Gasteiger charge is 2.23. The number of fused-ring (bicyclic) bond motifs is 1. The maximum absolute atomic E-state index is 15.1. The molecule has 0 unspecified atom stereocenters. The van der Waals surface area contributed by atoms with E-state index in [1.165, 1.54) is 60.0 Å². The summed E-state index contributed by atoms with van der Waals surface area (Å²) in [6.45, 7) is 0. The molecular weight excluding hydrogens is 550 g/mol. The molecule has 1 aliphatic carbocycles. The third-order valence-electron chi connectivity index (χ3n) is 6.91. The number of Topliss-reactive ketones (excluding diaryl/α,β-unsaturated/α-hetero) is 1. The van der Waals surface area contributed by atoms with Gasteiger partial charge in [-0.05, 0) is 67.3 Å². The molecule has 1 amide bonds. The molecule has 3 aromatic heterocycles. The maximum atomic E-state index is 15.1. The van der Waals surface area contributed by atoms with E-state index in [2.05, 4.69) is 15.4 Å². The quantitative estimate of drug-likeness (QED) is 0.253. The summed E-state index contributed by atoms with van der Waals surface area (Å²) < 4.78 is 36.0. The summed E-state index contributed by atoms with van der Waals surface area (Å²) in [4.78, 5) is 42.9. The minimum absolute atomic E-state index is 0.0451. The van der Waals surface area contributed by atoms with Gasteiger partial charge < -0.3 is 10.1 Å². The average molecular weight is 573 g/mol. The van der Waals surface area contributed by atoms with Crippen molar-refractivity contribution in [1.82, 2.24) is 14.8 Å². The second-order valence-electron chi connectivity index (χ2n) is 9.62. The fourth-order valence-electron chi connectivity index (χ4n) is 4.77. The van der Waals surface area contributed by atoms with Crippen LogP contribution in [0.2, 0.25) is 0 Å². The minimum atomic E-state index is -0.757. The summed E-state index contributed by atoms with van der Waals surface area (Å²) in [5.41, 5.74) is 0.214. The maximum Gasteiger partial charge on any atom is 0.284 e. The van der Waals surface area contributed by atoms with Crippen LogP contribution in [0, 0.1) is 11.6 Å². The number of amides is 1. The van der Waals surface area contributed by atoms with Crippen LogP contribution >= 0.6 is 11.3 Å². The fraction of sp³-hybridized carbons (Fsp3) is 0.167. The Bertz CT molecular complexity index is 1840. The van der Waals surface area contributed by atoms with Crippen molar-refractivity contribution in [2.24, 2.45) is 0 Å². The van der Waals surface area contributed by atoms with Crippen LogP contribution in [0.4, 0.5) is 14.5 Å². The van der Waals surface area contributed by atoms with E-state index < -0.39 is 23.1 Å². The van der Waals surface area contributed by atoms with Crippen LogP contribution in [0.1, 0.15) is 46.8 Å². The first-order chi connectivity index (χ1) is 19.9. The molecule has 8 nitrogen and oxygen atoms in total. The van der Waals surface area contributed by atoms with Gasteiger partial charge in [-0.25, -0.2) is 8.78 Å². The van der Waals surface area contributed by atoms with Gasteiger partial charge in [0.05, 0.1) is 15.9 Å². The van der Waals surface area contributed by atoms with Crippen LogP contribution in [0.3, 0.4) is 0 Å². The van der Waals surface area contributed by atoms with Crippen LogP contribution in [0.5, 0.6) is 11.5 Å². The van der Waals surface area contributed by atoms with E-state index in [0.717, 1.165) is 38.7 Å². The molecule has 2 aromatic carbocycles. The highest BCUT2D eigenvalue weighted by Crippen LogP contribution is 2.41. The van der Waals surface area contributed by atoms with Crippen LogP contribution in [0.25, 0.3) is 15.9 Å². The number of rotatable bonds is 6. The van der Waals surface area contributed by atoms with Gasteiger partial charge in [-0.15, -0.1) is 11.3 Å².